The van der Waals surface area contributed by atoms with Crippen molar-refractivity contribution in [3.05, 3.63) is 137 Å². The molecule has 0 amide bonds. The number of aromatic nitrogens is 3. The molecule has 4 aromatic rings. The van der Waals surface area contributed by atoms with Crippen molar-refractivity contribution in [1.29, 1.82) is 0 Å². The number of nitrogens with zero attached hydrogens (tertiary/aromatic N) is 5. The Hall–Kier alpha value is -4.84. The van der Waals surface area contributed by atoms with E-state index in [9.17, 15) is 4.39 Å². The fourth-order valence-corrected chi connectivity index (χ4v) is 8.25. The van der Waals surface area contributed by atoms with Crippen LogP contribution in [0.15, 0.2) is 120 Å². The average molecular weight is 667 g/mol. The molecule has 3 aliphatic rings. The van der Waals surface area contributed by atoms with Crippen molar-refractivity contribution in [2.45, 2.75) is 84.5 Å². The van der Waals surface area contributed by atoms with Crippen molar-refractivity contribution in [2.75, 3.05) is 18.0 Å². The average Bonchev–Trinajstić information content (AvgIpc) is 3.74. The van der Waals surface area contributed by atoms with E-state index in [1.165, 1.54) is 57.2 Å². The minimum absolute atomic E-state index is 0.121. The van der Waals surface area contributed by atoms with Gasteiger partial charge in [0.25, 0.3) is 0 Å². The van der Waals surface area contributed by atoms with Gasteiger partial charge in [0, 0.05) is 53.0 Å². The SMILES string of the molecule is CCCN1/C(=C/C=C2\CCCC(/C=C/C3=[N+](CCC)c4ccccc4C3(C)C)=C2n2cc(-c3cccc(F)c3)nn2)C(C)(C)c2ccccc21. The van der Waals surface area contributed by atoms with Gasteiger partial charge < -0.3 is 4.90 Å². The maximum absolute atomic E-state index is 14.2. The number of hydrogen-bond acceptors (Lipinski definition) is 3. The lowest BCUT2D eigenvalue weighted by atomic mass is 9.81. The first-order valence-corrected chi connectivity index (χ1v) is 18.3. The van der Waals surface area contributed by atoms with Gasteiger partial charge in [-0.3, -0.25) is 0 Å². The van der Waals surface area contributed by atoms with Gasteiger partial charge in [0.15, 0.2) is 5.71 Å². The van der Waals surface area contributed by atoms with Crippen LogP contribution in [0.5, 0.6) is 0 Å². The fourth-order valence-electron chi connectivity index (χ4n) is 8.25. The van der Waals surface area contributed by atoms with Crippen molar-refractivity contribution < 1.29 is 8.97 Å². The normalized spacial score (nSPS) is 19.7. The van der Waals surface area contributed by atoms with Crippen LogP contribution in [0.4, 0.5) is 15.8 Å². The Labute approximate surface area is 296 Å². The molecule has 0 bridgehead atoms. The van der Waals surface area contributed by atoms with Gasteiger partial charge >= 0.3 is 0 Å². The van der Waals surface area contributed by atoms with Gasteiger partial charge in [0.1, 0.15) is 18.1 Å². The summed E-state index contributed by atoms with van der Waals surface area (Å²) >= 11 is 0. The van der Waals surface area contributed by atoms with Crippen LogP contribution < -0.4 is 4.90 Å². The molecule has 6 heteroatoms. The second-order valence-corrected chi connectivity index (χ2v) is 14.8. The topological polar surface area (TPSA) is 37.0 Å². The molecule has 50 heavy (non-hydrogen) atoms. The van der Waals surface area contributed by atoms with Crippen LogP contribution >= 0.6 is 0 Å². The maximum atomic E-state index is 14.2. The number of halogens is 1. The predicted octanol–water partition coefficient (Wildman–Crippen LogP) is 10.5. The standard InChI is InChI=1S/C44H49FN5/c1-7-27-48-38-21-11-9-19-35(38)43(3,4)40(48)25-23-31-15-13-16-32(42(31)50-30-37(46-47-50)33-17-14-18-34(45)29-33)24-26-41-44(5,6)36-20-10-12-22-39(36)49(41)28-8-2/h9-12,14,17-26,29-30H,7-8,13,15-16,27-28H2,1-6H3/q+1. The lowest BCUT2D eigenvalue weighted by Gasteiger charge is -2.27. The van der Waals surface area contributed by atoms with Crippen LogP contribution in [-0.4, -0.2) is 38.4 Å². The number of hydrogen-bond donors (Lipinski definition) is 0. The molecular formula is C44H49FN5+. The zero-order valence-electron chi connectivity index (χ0n) is 30.4. The van der Waals surface area contributed by atoms with Crippen LogP contribution in [0.2, 0.25) is 0 Å². The Morgan fingerprint density at radius 1 is 0.840 bits per heavy atom. The van der Waals surface area contributed by atoms with E-state index in [0.717, 1.165) is 50.9 Å². The molecule has 0 fully saturated rings. The Morgan fingerprint density at radius 2 is 1.62 bits per heavy atom. The Morgan fingerprint density at radius 3 is 2.40 bits per heavy atom. The third kappa shape index (κ3) is 5.89. The summed E-state index contributed by atoms with van der Waals surface area (Å²) in [5, 5.41) is 9.22. The largest absolute Gasteiger partial charge is 0.344 e. The Kier molecular flexibility index (Phi) is 9.06. The molecule has 3 aromatic carbocycles. The minimum Gasteiger partial charge on any atom is -0.344 e. The Bertz CT molecular complexity index is 2090. The highest BCUT2D eigenvalue weighted by Crippen LogP contribution is 2.48. The van der Waals surface area contributed by atoms with E-state index in [0.29, 0.717) is 11.3 Å². The summed E-state index contributed by atoms with van der Waals surface area (Å²) in [5.41, 5.74) is 12.6. The summed E-state index contributed by atoms with van der Waals surface area (Å²) in [7, 11) is 0. The van der Waals surface area contributed by atoms with E-state index in [1.54, 1.807) is 6.07 Å². The molecule has 0 unspecified atom stereocenters. The number of fused-ring (bicyclic) bond motifs is 2. The van der Waals surface area contributed by atoms with E-state index < -0.39 is 0 Å². The highest BCUT2D eigenvalue weighted by molar-refractivity contribution is 6.03. The van der Waals surface area contributed by atoms with Crippen molar-refractivity contribution in [3.63, 3.8) is 0 Å². The third-order valence-corrected chi connectivity index (χ3v) is 10.7. The molecule has 1 aliphatic carbocycles. The molecule has 0 radical (unpaired) electrons. The Balaban J connectivity index is 1.36. The second kappa shape index (κ2) is 13.5. The third-order valence-electron chi connectivity index (χ3n) is 10.7. The van der Waals surface area contributed by atoms with E-state index in [1.807, 2.05) is 16.9 Å². The molecular weight excluding hydrogens is 618 g/mol. The molecule has 0 atom stereocenters. The zero-order valence-corrected chi connectivity index (χ0v) is 30.4. The number of para-hydroxylation sites is 2. The van der Waals surface area contributed by atoms with Gasteiger partial charge in [0.2, 0.25) is 5.69 Å². The van der Waals surface area contributed by atoms with Gasteiger partial charge in [-0.05, 0) is 80.5 Å². The van der Waals surface area contributed by atoms with Crippen LogP contribution in [-0.2, 0) is 10.8 Å². The van der Waals surface area contributed by atoms with E-state index in [2.05, 4.69) is 134 Å². The van der Waals surface area contributed by atoms with Crippen molar-refractivity contribution in [3.8, 4) is 11.3 Å². The van der Waals surface area contributed by atoms with Crippen LogP contribution in [0.25, 0.3) is 17.0 Å². The van der Waals surface area contributed by atoms with E-state index >= 15 is 0 Å². The molecule has 3 heterocycles. The highest BCUT2D eigenvalue weighted by atomic mass is 19.1. The molecule has 5 nitrogen and oxygen atoms in total. The highest BCUT2D eigenvalue weighted by Gasteiger charge is 2.44. The molecule has 0 spiro atoms. The molecule has 0 saturated heterocycles. The van der Waals surface area contributed by atoms with E-state index in [-0.39, 0.29) is 16.6 Å². The smallest absolute Gasteiger partial charge is 0.209 e. The van der Waals surface area contributed by atoms with Crippen molar-refractivity contribution >= 4 is 22.8 Å². The summed E-state index contributed by atoms with van der Waals surface area (Å²) in [5.74, 6) is -0.282. The van der Waals surface area contributed by atoms with Crippen molar-refractivity contribution in [1.82, 2.24) is 15.0 Å². The molecule has 256 valence electrons. The van der Waals surface area contributed by atoms with Gasteiger partial charge in [-0.15, -0.1) is 5.10 Å². The monoisotopic (exact) mass is 666 g/mol. The summed E-state index contributed by atoms with van der Waals surface area (Å²) in [6.07, 6.45) is 16.3. The second-order valence-electron chi connectivity index (χ2n) is 14.8. The van der Waals surface area contributed by atoms with Gasteiger partial charge in [-0.1, -0.05) is 93.6 Å². The van der Waals surface area contributed by atoms with E-state index in [4.69, 9.17) is 0 Å². The first-order valence-electron chi connectivity index (χ1n) is 18.3. The quantitative estimate of drug-likeness (QED) is 0.167. The summed E-state index contributed by atoms with van der Waals surface area (Å²) < 4.78 is 18.6. The van der Waals surface area contributed by atoms with Crippen LogP contribution in [0.1, 0.15) is 84.8 Å². The van der Waals surface area contributed by atoms with Gasteiger partial charge in [-0.2, -0.15) is 4.58 Å². The molecule has 2 aliphatic heterocycles. The van der Waals surface area contributed by atoms with Crippen molar-refractivity contribution in [2.24, 2.45) is 0 Å². The molecule has 0 saturated carbocycles. The van der Waals surface area contributed by atoms with Crippen LogP contribution in [0, 0.1) is 5.82 Å². The molecule has 1 aromatic heterocycles. The molecule has 7 rings (SSSR count). The summed E-state index contributed by atoms with van der Waals surface area (Å²) in [4.78, 5) is 2.50. The predicted molar refractivity (Wildman–Crippen MR) is 204 cm³/mol. The summed E-state index contributed by atoms with van der Waals surface area (Å²) in [6.45, 7) is 15.8. The minimum atomic E-state index is -0.282. The number of benzene rings is 3. The lowest BCUT2D eigenvalue weighted by molar-refractivity contribution is -0.437. The first kappa shape index (κ1) is 33.6. The van der Waals surface area contributed by atoms with Crippen LogP contribution in [0.3, 0.4) is 0 Å². The zero-order chi connectivity index (χ0) is 35.0. The fraction of sp³-hybridized carbons (Fsp3) is 0.341. The number of rotatable bonds is 9. The first-order chi connectivity index (χ1) is 24.1. The van der Waals surface area contributed by atoms with Gasteiger partial charge in [-0.25, -0.2) is 9.07 Å². The lowest BCUT2D eigenvalue weighted by Crippen LogP contribution is -2.28. The maximum Gasteiger partial charge on any atom is 0.209 e. The number of allylic oxidation sites excluding steroid dienone is 8. The molecule has 0 N–H and O–H groups in total. The van der Waals surface area contributed by atoms with Gasteiger partial charge in [0.05, 0.1) is 17.3 Å². The number of anilines is 1. The summed E-state index contributed by atoms with van der Waals surface area (Å²) in [6, 6.07) is 24.2.